The summed E-state index contributed by atoms with van der Waals surface area (Å²) in [6.07, 6.45) is -15.9. The number of halogens is 9. The lowest BCUT2D eigenvalue weighted by molar-refractivity contribution is -0.143. The average molecular weight is 844 g/mol. The van der Waals surface area contributed by atoms with E-state index in [0.717, 1.165) is 12.3 Å². The fourth-order valence-corrected chi connectivity index (χ4v) is 5.82. The fourth-order valence-electron chi connectivity index (χ4n) is 5.82. The quantitative estimate of drug-likeness (QED) is 0.0815. The molecule has 0 radical (unpaired) electrons. The molecule has 0 saturated carbocycles. The standard InChI is InChI=1S/C27H24F9N5O4.C8H14O5/c1-2-24(37)16(11-17-19(41(24)23(43)44)3-4-21(39-17)27(34,35)36)22-38-12-20(45-6-5-42)18(40-22)9-13-7-14(25(28,29)30)10-15(8-13)26(31,32)33;9-7(10)3-1-5-13-6-2-4-8(11)12/h3-4,7-8,10,12,16,42H,2,5-6,9,11,37H2,1H3,(H,43,44);1-6H2,(H,9,10)(H,11,12). The lowest BCUT2D eigenvalue weighted by atomic mass is 9.80. The van der Waals surface area contributed by atoms with Crippen LogP contribution in [0.3, 0.4) is 0 Å². The summed E-state index contributed by atoms with van der Waals surface area (Å²) in [4.78, 5) is 45.1. The molecule has 1 amide bonds. The van der Waals surface area contributed by atoms with Gasteiger partial charge in [-0.1, -0.05) is 6.92 Å². The van der Waals surface area contributed by atoms with Gasteiger partial charge in [0.05, 0.1) is 46.9 Å². The van der Waals surface area contributed by atoms with Crippen LogP contribution in [-0.2, 0) is 45.7 Å². The number of aliphatic carboxylic acids is 2. The van der Waals surface area contributed by atoms with Crippen molar-refractivity contribution in [2.45, 2.75) is 82.0 Å². The molecule has 2 aromatic heterocycles. The number of hydrogen-bond donors (Lipinski definition) is 5. The summed E-state index contributed by atoms with van der Waals surface area (Å²) >= 11 is 0. The minimum Gasteiger partial charge on any atom is -0.488 e. The van der Waals surface area contributed by atoms with Crippen LogP contribution in [0.5, 0.6) is 5.75 Å². The molecule has 2 atom stereocenters. The first-order valence-corrected chi connectivity index (χ1v) is 17.2. The first-order chi connectivity index (χ1) is 26.9. The van der Waals surface area contributed by atoms with Crippen molar-refractivity contribution in [3.8, 4) is 5.75 Å². The van der Waals surface area contributed by atoms with Gasteiger partial charge in [0.25, 0.3) is 0 Å². The monoisotopic (exact) mass is 843 g/mol. The van der Waals surface area contributed by atoms with Crippen molar-refractivity contribution in [1.29, 1.82) is 0 Å². The fraction of sp³-hybridized carbons (Fsp3) is 0.486. The van der Waals surface area contributed by atoms with E-state index in [2.05, 4.69) is 15.0 Å². The second-order valence-corrected chi connectivity index (χ2v) is 12.7. The third kappa shape index (κ3) is 12.6. The number of fused-ring (bicyclic) bond motifs is 1. The summed E-state index contributed by atoms with van der Waals surface area (Å²) < 4.78 is 132. The summed E-state index contributed by atoms with van der Waals surface area (Å²) in [7, 11) is 0. The number of alkyl halides is 9. The van der Waals surface area contributed by atoms with Crippen LogP contribution < -0.4 is 15.4 Å². The van der Waals surface area contributed by atoms with Crippen LogP contribution in [-0.4, -0.2) is 85.5 Å². The van der Waals surface area contributed by atoms with Crippen LogP contribution in [0.4, 0.5) is 50.0 Å². The number of ether oxygens (including phenoxy) is 2. The Hall–Kier alpha value is -5.29. The van der Waals surface area contributed by atoms with Crippen LogP contribution in [0, 0.1) is 0 Å². The SMILES string of the molecule is CCC1(N)C(c2ncc(OCCO)c(Cc3cc(C(F)(F)F)cc(C(F)(F)F)c3)n2)Cc2nc(C(F)(F)F)ccc2N1C(=O)O.O=C(O)CCCOCCCC(=O)O. The lowest BCUT2D eigenvalue weighted by Gasteiger charge is -2.47. The third-order valence-corrected chi connectivity index (χ3v) is 8.54. The van der Waals surface area contributed by atoms with E-state index in [9.17, 15) is 64.1 Å². The van der Waals surface area contributed by atoms with Gasteiger partial charge in [0, 0.05) is 38.9 Å². The highest BCUT2D eigenvalue weighted by Gasteiger charge is 2.50. The van der Waals surface area contributed by atoms with Crippen LogP contribution in [0.2, 0.25) is 0 Å². The molecule has 0 spiro atoms. The van der Waals surface area contributed by atoms with E-state index >= 15 is 0 Å². The summed E-state index contributed by atoms with van der Waals surface area (Å²) in [5.74, 6) is -3.49. The van der Waals surface area contributed by atoms with Crippen molar-refractivity contribution in [3.63, 3.8) is 0 Å². The molecule has 0 bridgehead atoms. The Morgan fingerprint density at radius 3 is 1.90 bits per heavy atom. The Morgan fingerprint density at radius 1 is 0.862 bits per heavy atom. The lowest BCUT2D eigenvalue weighted by Crippen LogP contribution is -2.64. The first-order valence-electron chi connectivity index (χ1n) is 17.2. The number of carboxylic acids is 2. The molecule has 1 aliphatic rings. The Balaban J connectivity index is 0.000000594. The number of aliphatic hydroxyl groups is 1. The minimum atomic E-state index is -5.14. The number of nitrogens with two attached hydrogens (primary N) is 1. The number of amides is 1. The topological polar surface area (TPSA) is 219 Å². The van der Waals surface area contributed by atoms with E-state index in [-0.39, 0.29) is 60.6 Å². The van der Waals surface area contributed by atoms with Crippen molar-refractivity contribution in [1.82, 2.24) is 15.0 Å². The number of nitrogens with zero attached hydrogens (tertiary/aromatic N) is 4. The second-order valence-electron chi connectivity index (χ2n) is 12.7. The van der Waals surface area contributed by atoms with E-state index in [4.69, 9.17) is 25.4 Å². The van der Waals surface area contributed by atoms with Gasteiger partial charge in [0.15, 0.2) is 5.75 Å². The maximum atomic E-state index is 13.5. The molecule has 320 valence electrons. The Bertz CT molecular complexity index is 1860. The molecular weight excluding hydrogens is 805 g/mol. The van der Waals surface area contributed by atoms with Crippen molar-refractivity contribution in [2.24, 2.45) is 5.73 Å². The van der Waals surface area contributed by atoms with E-state index < -0.39 is 90.0 Å². The van der Waals surface area contributed by atoms with Gasteiger partial charge >= 0.3 is 36.6 Å². The Kier molecular flexibility index (Phi) is 15.8. The molecule has 4 rings (SSSR count). The van der Waals surface area contributed by atoms with E-state index in [1.54, 1.807) is 0 Å². The second kappa shape index (κ2) is 19.4. The van der Waals surface area contributed by atoms with E-state index in [0.29, 0.717) is 49.2 Å². The van der Waals surface area contributed by atoms with Gasteiger partial charge in [-0.15, -0.1) is 0 Å². The number of benzene rings is 1. The zero-order valence-electron chi connectivity index (χ0n) is 30.4. The van der Waals surface area contributed by atoms with Gasteiger partial charge in [-0.2, -0.15) is 39.5 Å². The first kappa shape index (κ1) is 47.1. The number of aliphatic hydroxyl groups excluding tert-OH is 1. The molecule has 3 heterocycles. The molecule has 1 aromatic carbocycles. The summed E-state index contributed by atoms with van der Waals surface area (Å²) in [6.45, 7) is 1.35. The van der Waals surface area contributed by atoms with Gasteiger partial charge in [0.1, 0.15) is 23.8 Å². The molecule has 0 aliphatic carbocycles. The van der Waals surface area contributed by atoms with Gasteiger partial charge in [-0.05, 0) is 55.2 Å². The van der Waals surface area contributed by atoms with Crippen molar-refractivity contribution < 1.29 is 83.8 Å². The molecule has 0 fully saturated rings. The van der Waals surface area contributed by atoms with Crippen molar-refractivity contribution >= 4 is 23.7 Å². The molecule has 2 unspecified atom stereocenters. The normalized spacial score (nSPS) is 16.9. The maximum absolute atomic E-state index is 13.5. The van der Waals surface area contributed by atoms with Crippen molar-refractivity contribution in [2.75, 3.05) is 31.3 Å². The van der Waals surface area contributed by atoms with Crippen LogP contribution in [0.1, 0.15) is 84.5 Å². The highest BCUT2D eigenvalue weighted by Crippen LogP contribution is 2.45. The van der Waals surface area contributed by atoms with Gasteiger partial charge in [0.2, 0.25) is 0 Å². The van der Waals surface area contributed by atoms with E-state index in [1.807, 2.05) is 0 Å². The highest BCUT2D eigenvalue weighted by molar-refractivity contribution is 5.89. The molecule has 23 heteroatoms. The predicted molar refractivity (Wildman–Crippen MR) is 182 cm³/mol. The van der Waals surface area contributed by atoms with Crippen LogP contribution in [0.25, 0.3) is 0 Å². The summed E-state index contributed by atoms with van der Waals surface area (Å²) in [5.41, 5.74) is -1.07. The minimum absolute atomic E-state index is 0.0513. The summed E-state index contributed by atoms with van der Waals surface area (Å²) in [5, 5.41) is 35.8. The molecule has 3 aromatic rings. The highest BCUT2D eigenvalue weighted by atomic mass is 19.4. The number of rotatable bonds is 15. The van der Waals surface area contributed by atoms with Gasteiger partial charge in [-0.25, -0.2) is 19.7 Å². The number of carboxylic acid groups (broad SMARTS) is 3. The zero-order valence-corrected chi connectivity index (χ0v) is 30.4. The smallest absolute Gasteiger partial charge is 0.433 e. The van der Waals surface area contributed by atoms with Crippen LogP contribution in [0.15, 0.2) is 36.5 Å². The zero-order chi connectivity index (χ0) is 43.6. The average Bonchev–Trinajstić information content (AvgIpc) is 3.12. The number of anilines is 1. The number of aromatic nitrogens is 3. The third-order valence-electron chi connectivity index (χ3n) is 8.54. The Morgan fingerprint density at radius 2 is 1.43 bits per heavy atom. The number of hydrogen-bond acceptors (Lipinski definition) is 10. The van der Waals surface area contributed by atoms with E-state index in [1.165, 1.54) is 6.92 Å². The van der Waals surface area contributed by atoms with Crippen LogP contribution >= 0.6 is 0 Å². The molecular formula is C35H38F9N5O9. The Labute approximate surface area is 323 Å². The molecule has 0 saturated heterocycles. The molecule has 14 nitrogen and oxygen atoms in total. The number of pyridine rings is 1. The molecule has 1 aliphatic heterocycles. The largest absolute Gasteiger partial charge is 0.488 e. The van der Waals surface area contributed by atoms with Crippen molar-refractivity contribution in [3.05, 3.63) is 76.1 Å². The predicted octanol–water partition coefficient (Wildman–Crippen LogP) is 6.51. The summed E-state index contributed by atoms with van der Waals surface area (Å²) in [6, 6.07) is 2.42. The molecule has 58 heavy (non-hydrogen) atoms. The molecule has 6 N–H and O–H groups in total. The number of carbonyl (C=O) groups is 3. The van der Waals surface area contributed by atoms with Gasteiger partial charge < -0.3 is 35.6 Å². The van der Waals surface area contributed by atoms with Gasteiger partial charge in [-0.3, -0.25) is 14.5 Å². The maximum Gasteiger partial charge on any atom is 0.433 e.